The molecular formula is C8H20N2O6S. The minimum atomic E-state index is -4.67. The van der Waals surface area contributed by atoms with E-state index in [9.17, 15) is 0 Å². The lowest BCUT2D eigenvalue weighted by atomic mass is 10.1. The summed E-state index contributed by atoms with van der Waals surface area (Å²) in [5, 5.41) is 20.8. The maximum Gasteiger partial charge on any atom is 0.394 e. The van der Waals surface area contributed by atoms with Crippen LogP contribution in [0.3, 0.4) is 0 Å². The van der Waals surface area contributed by atoms with Gasteiger partial charge in [0.1, 0.15) is 0 Å². The van der Waals surface area contributed by atoms with Gasteiger partial charge in [-0.2, -0.15) is 8.42 Å². The van der Waals surface area contributed by atoms with Gasteiger partial charge in [-0.15, -0.1) is 0 Å². The van der Waals surface area contributed by atoms with Crippen LogP contribution in [0.15, 0.2) is 0 Å². The molecule has 8 nitrogen and oxygen atoms in total. The first-order valence-electron chi connectivity index (χ1n) is 5.25. The highest BCUT2D eigenvalue weighted by molar-refractivity contribution is 7.79. The van der Waals surface area contributed by atoms with Crippen LogP contribution in [0.2, 0.25) is 0 Å². The van der Waals surface area contributed by atoms with Crippen molar-refractivity contribution in [1.29, 1.82) is 0 Å². The predicted octanol–water partition coefficient (Wildman–Crippen LogP) is -2.02. The fourth-order valence-electron chi connectivity index (χ4n) is 1.66. The van der Waals surface area contributed by atoms with Crippen LogP contribution in [0.25, 0.3) is 0 Å². The summed E-state index contributed by atoms with van der Waals surface area (Å²) in [4.78, 5) is 2.23. The molecule has 0 saturated carbocycles. The normalized spacial score (nSPS) is 21.8. The molecule has 9 heteroatoms. The average Bonchev–Trinajstić information content (AvgIpc) is 2.19. The SMILES string of the molecule is O=S(=O)(O)O.OCCC1CNCCN1CCO. The molecule has 0 radical (unpaired) electrons. The molecule has 0 aromatic carbocycles. The second-order valence-electron chi connectivity index (χ2n) is 3.58. The molecule has 1 atom stereocenters. The van der Waals surface area contributed by atoms with E-state index in [2.05, 4.69) is 10.2 Å². The van der Waals surface area contributed by atoms with Crippen LogP contribution in [0, 0.1) is 0 Å². The number of aliphatic hydroxyl groups is 2. The molecule has 1 rings (SSSR count). The Kier molecular flexibility index (Phi) is 8.60. The molecule has 1 heterocycles. The van der Waals surface area contributed by atoms with E-state index in [4.69, 9.17) is 27.7 Å². The Morgan fingerprint density at radius 3 is 2.29 bits per heavy atom. The zero-order valence-electron chi connectivity index (χ0n) is 9.49. The zero-order valence-corrected chi connectivity index (χ0v) is 10.3. The van der Waals surface area contributed by atoms with Crippen LogP contribution < -0.4 is 5.32 Å². The van der Waals surface area contributed by atoms with E-state index in [1.54, 1.807) is 0 Å². The van der Waals surface area contributed by atoms with Gasteiger partial charge in [0.25, 0.3) is 0 Å². The summed E-state index contributed by atoms with van der Waals surface area (Å²) >= 11 is 0. The van der Waals surface area contributed by atoms with Crippen molar-refractivity contribution in [2.45, 2.75) is 12.5 Å². The Balaban J connectivity index is 0.000000437. The van der Waals surface area contributed by atoms with Crippen LogP contribution in [0.1, 0.15) is 6.42 Å². The Morgan fingerprint density at radius 1 is 1.24 bits per heavy atom. The quantitative estimate of drug-likeness (QED) is 0.371. The lowest BCUT2D eigenvalue weighted by Crippen LogP contribution is -2.52. The van der Waals surface area contributed by atoms with Gasteiger partial charge in [-0.3, -0.25) is 14.0 Å². The Morgan fingerprint density at radius 2 is 1.82 bits per heavy atom. The molecule has 17 heavy (non-hydrogen) atoms. The largest absolute Gasteiger partial charge is 0.396 e. The molecule has 0 amide bonds. The number of piperazine rings is 1. The fourth-order valence-corrected chi connectivity index (χ4v) is 1.66. The average molecular weight is 272 g/mol. The molecule has 1 saturated heterocycles. The molecule has 5 N–H and O–H groups in total. The van der Waals surface area contributed by atoms with Crippen molar-refractivity contribution in [3.8, 4) is 0 Å². The van der Waals surface area contributed by atoms with Crippen molar-refractivity contribution in [2.24, 2.45) is 0 Å². The van der Waals surface area contributed by atoms with Gasteiger partial charge in [0, 0.05) is 38.8 Å². The monoisotopic (exact) mass is 272 g/mol. The van der Waals surface area contributed by atoms with Gasteiger partial charge in [0.2, 0.25) is 0 Å². The van der Waals surface area contributed by atoms with Crippen LogP contribution in [-0.2, 0) is 10.4 Å². The number of nitrogens with one attached hydrogen (secondary N) is 1. The number of nitrogens with zero attached hydrogens (tertiary/aromatic N) is 1. The molecular weight excluding hydrogens is 252 g/mol. The summed E-state index contributed by atoms with van der Waals surface area (Å²) in [6.07, 6.45) is 0.799. The summed E-state index contributed by atoms with van der Waals surface area (Å²) in [6.45, 7) is 4.07. The fraction of sp³-hybridized carbons (Fsp3) is 1.00. The third-order valence-electron chi connectivity index (χ3n) is 2.32. The zero-order chi connectivity index (χ0) is 13.3. The smallest absolute Gasteiger partial charge is 0.394 e. The third kappa shape index (κ3) is 10.6. The van der Waals surface area contributed by atoms with Crippen LogP contribution in [0.4, 0.5) is 0 Å². The Hall–Kier alpha value is -0.290. The molecule has 1 aliphatic heterocycles. The summed E-state index contributed by atoms with van der Waals surface area (Å²) in [7, 11) is -4.67. The molecule has 0 spiro atoms. The second kappa shape index (κ2) is 8.75. The maximum absolute atomic E-state index is 8.79. The van der Waals surface area contributed by atoms with Gasteiger partial charge in [0.05, 0.1) is 6.61 Å². The molecule has 0 aliphatic carbocycles. The Labute approximate surface area is 101 Å². The van der Waals surface area contributed by atoms with Crippen molar-refractivity contribution in [3.05, 3.63) is 0 Å². The molecule has 0 aromatic rings. The first-order valence-corrected chi connectivity index (χ1v) is 6.64. The molecule has 1 unspecified atom stereocenters. The molecule has 1 fully saturated rings. The van der Waals surface area contributed by atoms with Gasteiger partial charge >= 0.3 is 10.4 Å². The van der Waals surface area contributed by atoms with Crippen molar-refractivity contribution < 1.29 is 27.7 Å². The van der Waals surface area contributed by atoms with Crippen molar-refractivity contribution in [1.82, 2.24) is 10.2 Å². The van der Waals surface area contributed by atoms with Crippen LogP contribution >= 0.6 is 0 Å². The highest BCUT2D eigenvalue weighted by atomic mass is 32.3. The first kappa shape index (κ1) is 16.7. The van der Waals surface area contributed by atoms with E-state index in [0.717, 1.165) is 32.6 Å². The minimum Gasteiger partial charge on any atom is -0.396 e. The lowest BCUT2D eigenvalue weighted by Gasteiger charge is -2.35. The minimum absolute atomic E-state index is 0.210. The van der Waals surface area contributed by atoms with E-state index in [1.165, 1.54) is 0 Å². The lowest BCUT2D eigenvalue weighted by molar-refractivity contribution is 0.106. The number of rotatable bonds is 4. The summed E-state index contributed by atoms with van der Waals surface area (Å²) in [6, 6.07) is 0.399. The van der Waals surface area contributed by atoms with Gasteiger partial charge < -0.3 is 15.5 Å². The molecule has 1 aliphatic rings. The van der Waals surface area contributed by atoms with Crippen molar-refractivity contribution >= 4 is 10.4 Å². The highest BCUT2D eigenvalue weighted by Gasteiger charge is 2.20. The van der Waals surface area contributed by atoms with E-state index in [1.807, 2.05) is 0 Å². The number of β-amino-alcohol motifs (C(OH)–C–C–N with tert-alkyl or cyclic N) is 1. The number of hydrogen-bond acceptors (Lipinski definition) is 6. The van der Waals surface area contributed by atoms with Gasteiger partial charge in [0.15, 0.2) is 0 Å². The second-order valence-corrected chi connectivity index (χ2v) is 4.47. The predicted molar refractivity (Wildman–Crippen MR) is 61.2 cm³/mol. The summed E-state index contributed by atoms with van der Waals surface area (Å²) in [5.74, 6) is 0. The molecule has 0 bridgehead atoms. The van der Waals surface area contributed by atoms with E-state index < -0.39 is 10.4 Å². The van der Waals surface area contributed by atoms with Gasteiger partial charge in [-0.25, -0.2) is 0 Å². The maximum atomic E-state index is 8.79. The van der Waals surface area contributed by atoms with E-state index >= 15 is 0 Å². The first-order chi connectivity index (χ1) is 7.88. The number of aliphatic hydroxyl groups excluding tert-OH is 2. The van der Waals surface area contributed by atoms with E-state index in [0.29, 0.717) is 6.04 Å². The van der Waals surface area contributed by atoms with Gasteiger partial charge in [-0.05, 0) is 6.42 Å². The standard InChI is InChI=1S/C8H18N2O2.H2O4S/c11-5-1-8-7-9-2-3-10(8)4-6-12;1-5(2,3)4/h8-9,11-12H,1-7H2;(H2,1,2,3,4). The summed E-state index contributed by atoms with van der Waals surface area (Å²) < 4.78 is 31.6. The number of hydrogen-bond donors (Lipinski definition) is 5. The van der Waals surface area contributed by atoms with Crippen molar-refractivity contribution in [3.63, 3.8) is 0 Å². The topological polar surface area (TPSA) is 130 Å². The van der Waals surface area contributed by atoms with Crippen LogP contribution in [0.5, 0.6) is 0 Å². The van der Waals surface area contributed by atoms with E-state index in [-0.39, 0.29) is 13.2 Å². The molecule has 0 aromatic heterocycles. The highest BCUT2D eigenvalue weighted by Crippen LogP contribution is 2.05. The van der Waals surface area contributed by atoms with Crippen LogP contribution in [-0.4, -0.2) is 78.1 Å². The Bertz CT molecular complexity index is 258. The van der Waals surface area contributed by atoms with Gasteiger partial charge in [-0.1, -0.05) is 0 Å². The summed E-state index contributed by atoms with van der Waals surface area (Å²) in [5.41, 5.74) is 0. The third-order valence-corrected chi connectivity index (χ3v) is 2.32. The van der Waals surface area contributed by atoms with Crippen molar-refractivity contribution in [2.75, 3.05) is 39.4 Å². The molecule has 104 valence electrons.